The Morgan fingerprint density at radius 3 is 2.79 bits per heavy atom. The summed E-state index contributed by atoms with van der Waals surface area (Å²) in [6.45, 7) is -0.457. The van der Waals surface area contributed by atoms with Crippen LogP contribution in [0.2, 0.25) is 10.0 Å². The molecule has 11 heteroatoms. The van der Waals surface area contributed by atoms with Gasteiger partial charge in [-0.3, -0.25) is 0 Å². The maximum Gasteiger partial charge on any atom is 0.387 e. The minimum Gasteiger partial charge on any atom is -0.429 e. The van der Waals surface area contributed by atoms with Crippen LogP contribution < -0.4 is 20.7 Å². The predicted octanol–water partition coefficient (Wildman–Crippen LogP) is 3.46. The van der Waals surface area contributed by atoms with Crippen LogP contribution in [0.3, 0.4) is 0 Å². The van der Waals surface area contributed by atoms with Gasteiger partial charge in [0, 0.05) is 29.2 Å². The number of nitrogens with one attached hydrogen (secondary N) is 1. The minimum absolute atomic E-state index is 0.0816. The van der Waals surface area contributed by atoms with Gasteiger partial charge in [-0.25, -0.2) is 4.98 Å². The van der Waals surface area contributed by atoms with Crippen LogP contribution in [0.5, 0.6) is 5.75 Å². The summed E-state index contributed by atoms with van der Waals surface area (Å²) in [4.78, 5) is 10.2. The number of hydrogen-bond donors (Lipinski definition) is 3. The van der Waals surface area contributed by atoms with Crippen molar-refractivity contribution in [3.05, 3.63) is 40.0 Å². The zero-order valence-corrected chi connectivity index (χ0v) is 17.0. The van der Waals surface area contributed by atoms with E-state index in [1.165, 1.54) is 6.20 Å². The maximum absolute atomic E-state index is 12.8. The van der Waals surface area contributed by atoms with E-state index in [2.05, 4.69) is 20.0 Å². The van der Waals surface area contributed by atoms with Crippen molar-refractivity contribution in [1.82, 2.24) is 9.97 Å². The van der Waals surface area contributed by atoms with Crippen LogP contribution in [0, 0.1) is 0 Å². The van der Waals surface area contributed by atoms with Gasteiger partial charge in [-0.15, -0.1) is 0 Å². The average Bonchev–Trinajstić information content (AvgIpc) is 2.65. The molecule has 1 aliphatic heterocycles. The first-order valence-corrected chi connectivity index (χ1v) is 9.72. The molecule has 1 aliphatic rings. The van der Waals surface area contributed by atoms with E-state index in [-0.39, 0.29) is 36.1 Å². The van der Waals surface area contributed by atoms with Crippen LogP contribution in [0.25, 0.3) is 0 Å². The first-order chi connectivity index (χ1) is 13.7. The highest BCUT2D eigenvalue weighted by molar-refractivity contribution is 6.35. The molecule has 0 amide bonds. The highest BCUT2D eigenvalue weighted by Crippen LogP contribution is 2.32. The monoisotopic (exact) mass is 447 g/mol. The first kappa shape index (κ1) is 21.8. The largest absolute Gasteiger partial charge is 0.429 e. The lowest BCUT2D eigenvalue weighted by molar-refractivity contribution is -0.0498. The number of nitrogens with two attached hydrogens (primary N) is 1. The molecular formula is C18H21Cl2F2N5O2. The zero-order chi connectivity index (χ0) is 21.1. The number of rotatable bonds is 6. The van der Waals surface area contributed by atoms with E-state index in [9.17, 15) is 13.9 Å². The first-order valence-electron chi connectivity index (χ1n) is 8.96. The fraction of sp³-hybridized carbons (Fsp3) is 0.444. The number of ether oxygens (including phenoxy) is 1. The Kier molecular flexibility index (Phi) is 6.94. The van der Waals surface area contributed by atoms with Crippen molar-refractivity contribution in [2.24, 2.45) is 5.73 Å². The molecule has 0 spiro atoms. The van der Waals surface area contributed by atoms with Gasteiger partial charge in [-0.2, -0.15) is 13.8 Å². The molecule has 0 radical (unpaired) electrons. The number of aromatic nitrogens is 2. The molecule has 29 heavy (non-hydrogen) atoms. The molecular weight excluding hydrogens is 427 g/mol. The number of hydrogen-bond acceptors (Lipinski definition) is 7. The topological polar surface area (TPSA) is 96.5 Å². The lowest BCUT2D eigenvalue weighted by Gasteiger charge is -2.34. The normalized spacial score (nSPS) is 20.6. The van der Waals surface area contributed by atoms with E-state index in [0.717, 1.165) is 0 Å². The van der Waals surface area contributed by atoms with Crippen LogP contribution in [0.4, 0.5) is 20.5 Å². The number of aliphatic hydroxyl groups is 1. The molecule has 2 heterocycles. The standard InChI is InChI=1S/C18H21Cl2F2N5O2/c1-9(11-3-2-10(19)6-12(11)20)25-16-15(29-17(21)22)7-24-18(26-16)27-5-4-13(23)14(28)8-27/h2-3,6-7,9,13-14,17,28H,4-5,8,23H2,1H3,(H,24,25,26)/t9-,13?,14?/m1/s1. The van der Waals surface area contributed by atoms with Crippen molar-refractivity contribution in [3.8, 4) is 5.75 Å². The van der Waals surface area contributed by atoms with Crippen molar-refractivity contribution in [2.45, 2.75) is 38.1 Å². The second-order valence-corrected chi connectivity index (χ2v) is 7.60. The smallest absolute Gasteiger partial charge is 0.387 e. The quantitative estimate of drug-likeness (QED) is 0.623. The summed E-state index contributed by atoms with van der Waals surface area (Å²) in [7, 11) is 0. The number of anilines is 2. The third kappa shape index (κ3) is 5.36. The van der Waals surface area contributed by atoms with Crippen molar-refractivity contribution < 1.29 is 18.6 Å². The Hall–Kier alpha value is -1.94. The number of β-amino-alcohol motifs (C(OH)–C–C–N with tert-alkyl or cyclic N) is 1. The summed E-state index contributed by atoms with van der Waals surface area (Å²) in [5, 5.41) is 14.0. The van der Waals surface area contributed by atoms with E-state index >= 15 is 0 Å². The van der Waals surface area contributed by atoms with Crippen LogP contribution in [0.1, 0.15) is 24.9 Å². The van der Waals surface area contributed by atoms with Gasteiger partial charge in [0.2, 0.25) is 5.95 Å². The number of nitrogens with zero attached hydrogens (tertiary/aromatic N) is 3. The number of piperidine rings is 1. The Morgan fingerprint density at radius 1 is 1.38 bits per heavy atom. The third-order valence-corrected chi connectivity index (χ3v) is 5.22. The van der Waals surface area contributed by atoms with Gasteiger partial charge >= 0.3 is 6.61 Å². The van der Waals surface area contributed by atoms with Gasteiger partial charge in [0.15, 0.2) is 11.6 Å². The van der Waals surface area contributed by atoms with E-state index in [1.54, 1.807) is 30.0 Å². The average molecular weight is 448 g/mol. The van der Waals surface area contributed by atoms with Gasteiger partial charge in [0.1, 0.15) is 0 Å². The van der Waals surface area contributed by atoms with Gasteiger partial charge in [-0.05, 0) is 31.0 Å². The molecule has 1 aromatic heterocycles. The van der Waals surface area contributed by atoms with Crippen molar-refractivity contribution in [2.75, 3.05) is 23.3 Å². The summed E-state index contributed by atoms with van der Waals surface area (Å²) in [6.07, 6.45) is 1.00. The second kappa shape index (κ2) is 9.25. The van der Waals surface area contributed by atoms with Gasteiger partial charge in [-0.1, -0.05) is 29.3 Å². The maximum atomic E-state index is 12.8. The highest BCUT2D eigenvalue weighted by Gasteiger charge is 2.27. The molecule has 3 atom stereocenters. The Bertz CT molecular complexity index is 861. The molecule has 0 saturated carbocycles. The van der Waals surface area contributed by atoms with E-state index < -0.39 is 12.7 Å². The second-order valence-electron chi connectivity index (χ2n) is 6.76. The van der Waals surface area contributed by atoms with E-state index in [0.29, 0.717) is 28.6 Å². The summed E-state index contributed by atoms with van der Waals surface area (Å²) in [5.41, 5.74) is 6.53. The number of aliphatic hydroxyl groups excluding tert-OH is 1. The van der Waals surface area contributed by atoms with Crippen LogP contribution in [-0.4, -0.2) is 46.9 Å². The Labute approximate surface area is 176 Å². The zero-order valence-electron chi connectivity index (χ0n) is 15.5. The van der Waals surface area contributed by atoms with Gasteiger partial charge in [0.25, 0.3) is 0 Å². The number of halogens is 4. The fourth-order valence-corrected chi connectivity index (χ4v) is 3.64. The predicted molar refractivity (Wildman–Crippen MR) is 108 cm³/mol. The molecule has 1 aromatic carbocycles. The van der Waals surface area contributed by atoms with E-state index in [4.69, 9.17) is 28.9 Å². The third-order valence-electron chi connectivity index (χ3n) is 4.66. The highest BCUT2D eigenvalue weighted by atomic mass is 35.5. The SMILES string of the molecule is C[C@@H](Nc1nc(N2CCC(N)C(O)C2)ncc1OC(F)F)c1ccc(Cl)cc1Cl. The van der Waals surface area contributed by atoms with Crippen LogP contribution in [0.15, 0.2) is 24.4 Å². The molecule has 158 valence electrons. The minimum atomic E-state index is -3.03. The van der Waals surface area contributed by atoms with Crippen molar-refractivity contribution >= 4 is 35.0 Å². The van der Waals surface area contributed by atoms with Crippen LogP contribution in [-0.2, 0) is 0 Å². The molecule has 3 rings (SSSR count). The molecule has 0 bridgehead atoms. The number of alkyl halides is 2. The Morgan fingerprint density at radius 2 is 2.14 bits per heavy atom. The number of benzene rings is 1. The molecule has 2 aromatic rings. The summed E-state index contributed by atoms with van der Waals surface area (Å²) in [5.74, 6) is 0.155. The van der Waals surface area contributed by atoms with Crippen LogP contribution >= 0.6 is 23.2 Å². The molecule has 4 N–H and O–H groups in total. The van der Waals surface area contributed by atoms with E-state index in [1.807, 2.05) is 0 Å². The lowest BCUT2D eigenvalue weighted by Crippen LogP contribution is -2.51. The van der Waals surface area contributed by atoms with Gasteiger partial charge in [0.05, 0.1) is 18.3 Å². The van der Waals surface area contributed by atoms with Gasteiger partial charge < -0.3 is 25.8 Å². The summed E-state index contributed by atoms with van der Waals surface area (Å²) in [6, 6.07) is 4.30. The summed E-state index contributed by atoms with van der Waals surface area (Å²) >= 11 is 12.2. The molecule has 1 fully saturated rings. The Balaban J connectivity index is 1.87. The molecule has 7 nitrogen and oxygen atoms in total. The fourth-order valence-electron chi connectivity index (χ4n) is 3.07. The lowest BCUT2D eigenvalue weighted by atomic mass is 10.0. The molecule has 2 unspecified atom stereocenters. The molecule has 1 saturated heterocycles. The van der Waals surface area contributed by atoms with Crippen molar-refractivity contribution in [1.29, 1.82) is 0 Å². The van der Waals surface area contributed by atoms with Crippen molar-refractivity contribution in [3.63, 3.8) is 0 Å². The summed E-state index contributed by atoms with van der Waals surface area (Å²) < 4.78 is 30.2. The molecule has 0 aliphatic carbocycles.